The maximum atomic E-state index is 13.0. The van der Waals surface area contributed by atoms with Crippen LogP contribution in [0.25, 0.3) is 0 Å². The molecule has 1 fully saturated rings. The number of carbonyl (C=O) groups excluding carboxylic acids is 1. The summed E-state index contributed by atoms with van der Waals surface area (Å²) in [5, 5.41) is 3.09. The summed E-state index contributed by atoms with van der Waals surface area (Å²) in [5.41, 5.74) is 1.36. The Kier molecular flexibility index (Phi) is 6.93. The Hall–Kier alpha value is -2.27. The van der Waals surface area contributed by atoms with E-state index in [0.717, 1.165) is 32.4 Å². The van der Waals surface area contributed by atoms with E-state index in [2.05, 4.69) is 29.6 Å². The zero-order chi connectivity index (χ0) is 19.1. The summed E-state index contributed by atoms with van der Waals surface area (Å²) < 4.78 is 18.5. The number of carbonyl (C=O) groups is 1. The highest BCUT2D eigenvalue weighted by atomic mass is 35.5. The third-order valence-electron chi connectivity index (χ3n) is 4.80. The van der Waals surface area contributed by atoms with Gasteiger partial charge in [0.05, 0.1) is 11.6 Å². The molecule has 0 bridgehead atoms. The van der Waals surface area contributed by atoms with Crippen LogP contribution in [-0.4, -0.2) is 37.2 Å². The Morgan fingerprint density at radius 2 is 1.93 bits per heavy atom. The highest BCUT2D eigenvalue weighted by Crippen LogP contribution is 2.24. The maximum absolute atomic E-state index is 13.0. The van der Waals surface area contributed by atoms with E-state index < -0.39 is 5.82 Å². The van der Waals surface area contributed by atoms with Crippen LogP contribution in [0.1, 0.15) is 18.4 Å². The van der Waals surface area contributed by atoms with Crippen molar-refractivity contribution in [2.24, 2.45) is 5.92 Å². The molecule has 0 aliphatic carbocycles. The SMILES string of the molecule is O=C(NCCOc1ccc(F)cc1Cl)N1CCC(Cc2ccccc2)CC1. The molecule has 0 atom stereocenters. The van der Waals surface area contributed by atoms with E-state index in [1.54, 1.807) is 0 Å². The molecule has 27 heavy (non-hydrogen) atoms. The average molecular weight is 391 g/mol. The van der Waals surface area contributed by atoms with Crippen LogP contribution < -0.4 is 10.1 Å². The second kappa shape index (κ2) is 9.60. The minimum absolute atomic E-state index is 0.0676. The molecule has 0 saturated carbocycles. The van der Waals surface area contributed by atoms with Gasteiger partial charge < -0.3 is 15.0 Å². The third kappa shape index (κ3) is 5.86. The van der Waals surface area contributed by atoms with E-state index in [1.807, 2.05) is 11.0 Å². The Morgan fingerprint density at radius 3 is 2.63 bits per heavy atom. The lowest BCUT2D eigenvalue weighted by Gasteiger charge is -2.32. The van der Waals surface area contributed by atoms with Crippen LogP contribution in [0.4, 0.5) is 9.18 Å². The fourth-order valence-electron chi connectivity index (χ4n) is 3.31. The number of rotatable bonds is 6. The molecule has 2 aromatic rings. The Bertz CT molecular complexity index is 749. The number of benzene rings is 2. The Labute approximate surface area is 164 Å². The molecule has 4 nitrogen and oxygen atoms in total. The lowest BCUT2D eigenvalue weighted by molar-refractivity contribution is 0.168. The van der Waals surface area contributed by atoms with E-state index in [0.29, 0.717) is 18.2 Å². The Balaban J connectivity index is 1.34. The highest BCUT2D eigenvalue weighted by molar-refractivity contribution is 6.32. The summed E-state index contributed by atoms with van der Waals surface area (Å²) in [5.74, 6) is 0.630. The molecule has 0 radical (unpaired) electrons. The minimum Gasteiger partial charge on any atom is -0.490 e. The predicted molar refractivity (Wildman–Crippen MR) is 105 cm³/mol. The molecular formula is C21H24ClFN2O2. The van der Waals surface area contributed by atoms with Gasteiger partial charge in [-0.25, -0.2) is 9.18 Å². The zero-order valence-corrected chi connectivity index (χ0v) is 15.9. The molecule has 0 spiro atoms. The van der Waals surface area contributed by atoms with Gasteiger partial charge in [0.15, 0.2) is 0 Å². The van der Waals surface area contributed by atoms with Gasteiger partial charge in [-0.15, -0.1) is 0 Å². The van der Waals surface area contributed by atoms with Crippen molar-refractivity contribution < 1.29 is 13.9 Å². The van der Waals surface area contributed by atoms with Gasteiger partial charge in [-0.05, 0) is 48.9 Å². The van der Waals surface area contributed by atoms with Crippen molar-refractivity contribution in [2.45, 2.75) is 19.3 Å². The summed E-state index contributed by atoms with van der Waals surface area (Å²) in [6.07, 6.45) is 3.11. The molecule has 0 aromatic heterocycles. The number of amides is 2. The molecule has 0 unspecified atom stereocenters. The fourth-order valence-corrected chi connectivity index (χ4v) is 3.53. The zero-order valence-electron chi connectivity index (χ0n) is 15.2. The van der Waals surface area contributed by atoms with E-state index in [1.165, 1.54) is 23.8 Å². The Morgan fingerprint density at radius 1 is 1.19 bits per heavy atom. The van der Waals surface area contributed by atoms with Gasteiger partial charge >= 0.3 is 6.03 Å². The van der Waals surface area contributed by atoms with Crippen molar-refractivity contribution in [3.8, 4) is 5.75 Å². The molecular weight excluding hydrogens is 367 g/mol. The summed E-state index contributed by atoms with van der Waals surface area (Å²) >= 11 is 5.90. The van der Waals surface area contributed by atoms with Gasteiger partial charge in [-0.3, -0.25) is 0 Å². The summed E-state index contributed by atoms with van der Waals surface area (Å²) in [6, 6.07) is 14.4. The van der Waals surface area contributed by atoms with Gasteiger partial charge in [0.25, 0.3) is 0 Å². The third-order valence-corrected chi connectivity index (χ3v) is 5.09. The first-order valence-corrected chi connectivity index (χ1v) is 9.64. The smallest absolute Gasteiger partial charge is 0.317 e. The predicted octanol–water partition coefficient (Wildman–Crippen LogP) is 4.52. The molecule has 1 N–H and O–H groups in total. The lowest BCUT2D eigenvalue weighted by Crippen LogP contribution is -2.45. The quantitative estimate of drug-likeness (QED) is 0.736. The van der Waals surface area contributed by atoms with Gasteiger partial charge in [-0.2, -0.15) is 0 Å². The van der Waals surface area contributed by atoms with Crippen LogP contribution in [0, 0.1) is 11.7 Å². The molecule has 144 valence electrons. The second-order valence-electron chi connectivity index (χ2n) is 6.78. The maximum Gasteiger partial charge on any atom is 0.317 e. The van der Waals surface area contributed by atoms with Gasteiger partial charge in [0, 0.05) is 13.1 Å². The molecule has 1 saturated heterocycles. The first kappa shape index (κ1) is 19.5. The minimum atomic E-state index is -0.406. The average Bonchev–Trinajstić information content (AvgIpc) is 2.68. The first-order valence-electron chi connectivity index (χ1n) is 9.26. The van der Waals surface area contributed by atoms with Gasteiger partial charge in [-0.1, -0.05) is 41.9 Å². The summed E-state index contributed by atoms with van der Waals surface area (Å²) in [4.78, 5) is 14.1. The molecule has 3 rings (SSSR count). The van der Waals surface area contributed by atoms with Crippen LogP contribution in [0.15, 0.2) is 48.5 Å². The number of likely N-dealkylation sites (tertiary alicyclic amines) is 1. The lowest BCUT2D eigenvalue weighted by atomic mass is 9.90. The molecule has 1 aliphatic rings. The molecule has 1 aliphatic heterocycles. The molecule has 2 amide bonds. The number of piperidine rings is 1. The van der Waals surface area contributed by atoms with E-state index in [4.69, 9.17) is 16.3 Å². The van der Waals surface area contributed by atoms with Gasteiger partial charge in [0.1, 0.15) is 18.2 Å². The highest BCUT2D eigenvalue weighted by Gasteiger charge is 2.22. The van der Waals surface area contributed by atoms with Crippen molar-refractivity contribution in [3.05, 3.63) is 64.9 Å². The van der Waals surface area contributed by atoms with Crippen molar-refractivity contribution >= 4 is 17.6 Å². The van der Waals surface area contributed by atoms with Crippen LogP contribution in [-0.2, 0) is 6.42 Å². The van der Waals surface area contributed by atoms with E-state index in [9.17, 15) is 9.18 Å². The molecule has 2 aromatic carbocycles. The monoisotopic (exact) mass is 390 g/mol. The number of halogens is 2. The van der Waals surface area contributed by atoms with Crippen molar-refractivity contribution in [1.82, 2.24) is 10.2 Å². The number of nitrogens with one attached hydrogen (secondary N) is 1. The van der Waals surface area contributed by atoms with Crippen LogP contribution in [0.5, 0.6) is 5.75 Å². The summed E-state index contributed by atoms with van der Waals surface area (Å²) in [6.45, 7) is 2.19. The number of hydrogen-bond acceptors (Lipinski definition) is 2. The van der Waals surface area contributed by atoms with E-state index in [-0.39, 0.29) is 17.7 Å². The molecule has 1 heterocycles. The molecule has 6 heteroatoms. The fraction of sp³-hybridized carbons (Fsp3) is 0.381. The number of nitrogens with zero attached hydrogens (tertiary/aromatic N) is 1. The second-order valence-corrected chi connectivity index (χ2v) is 7.18. The van der Waals surface area contributed by atoms with Crippen molar-refractivity contribution in [3.63, 3.8) is 0 Å². The first-order chi connectivity index (χ1) is 13.1. The van der Waals surface area contributed by atoms with Gasteiger partial charge in [0.2, 0.25) is 0 Å². The number of hydrogen-bond donors (Lipinski definition) is 1. The van der Waals surface area contributed by atoms with Crippen LogP contribution >= 0.6 is 11.6 Å². The van der Waals surface area contributed by atoms with Crippen LogP contribution in [0.2, 0.25) is 5.02 Å². The van der Waals surface area contributed by atoms with Crippen molar-refractivity contribution in [1.29, 1.82) is 0 Å². The number of urea groups is 1. The van der Waals surface area contributed by atoms with E-state index >= 15 is 0 Å². The normalized spacial score (nSPS) is 14.8. The van der Waals surface area contributed by atoms with Crippen LogP contribution in [0.3, 0.4) is 0 Å². The standard InChI is InChI=1S/C21H24ClFN2O2/c22-19-15-18(23)6-7-20(19)27-13-10-24-21(26)25-11-8-17(9-12-25)14-16-4-2-1-3-5-16/h1-7,15,17H,8-14H2,(H,24,26). The summed E-state index contributed by atoms with van der Waals surface area (Å²) in [7, 11) is 0. The topological polar surface area (TPSA) is 41.6 Å². The number of ether oxygens (including phenoxy) is 1. The van der Waals surface area contributed by atoms with Crippen molar-refractivity contribution in [2.75, 3.05) is 26.2 Å². The largest absolute Gasteiger partial charge is 0.490 e.